The second kappa shape index (κ2) is 6.30. The van der Waals surface area contributed by atoms with E-state index in [9.17, 15) is 13.9 Å². The van der Waals surface area contributed by atoms with Gasteiger partial charge in [0.2, 0.25) is 0 Å². The van der Waals surface area contributed by atoms with E-state index in [1.54, 1.807) is 11.4 Å². The first-order chi connectivity index (χ1) is 9.56. The molecule has 0 amide bonds. The lowest BCUT2D eigenvalue weighted by Crippen LogP contribution is -2.20. The fourth-order valence-corrected chi connectivity index (χ4v) is 3.02. The van der Waals surface area contributed by atoms with Gasteiger partial charge >= 0.3 is 0 Å². The lowest BCUT2D eigenvalue weighted by atomic mass is 9.92. The van der Waals surface area contributed by atoms with Crippen molar-refractivity contribution in [3.8, 4) is 5.75 Å². The molecule has 0 saturated carbocycles. The van der Waals surface area contributed by atoms with Gasteiger partial charge in [0.15, 0.2) is 0 Å². The first kappa shape index (κ1) is 14.9. The van der Waals surface area contributed by atoms with Gasteiger partial charge in [0.1, 0.15) is 17.4 Å². The molecular weight excluding hydrogens is 284 g/mol. The van der Waals surface area contributed by atoms with Gasteiger partial charge in [0, 0.05) is 18.5 Å². The van der Waals surface area contributed by atoms with E-state index in [1.165, 1.54) is 30.6 Å². The molecule has 1 aromatic heterocycles. The third kappa shape index (κ3) is 2.98. The molecule has 2 rings (SSSR count). The minimum atomic E-state index is -0.976. The maximum atomic E-state index is 13.3. The molecule has 0 aliphatic heterocycles. The number of nitrogens with two attached hydrogens (primary N) is 1. The summed E-state index contributed by atoms with van der Waals surface area (Å²) in [4.78, 5) is 0.590. The molecule has 1 aromatic carbocycles. The SMILES string of the molecule is COc1ccsc1C(O)C(CN)c1cc(F)cc(F)c1. The first-order valence-electron chi connectivity index (χ1n) is 6.02. The number of benzene rings is 1. The van der Waals surface area contributed by atoms with Crippen LogP contribution in [0.5, 0.6) is 5.75 Å². The van der Waals surface area contributed by atoms with Crippen molar-refractivity contribution < 1.29 is 18.6 Å². The summed E-state index contributed by atoms with van der Waals surface area (Å²) in [5.74, 6) is -1.45. The van der Waals surface area contributed by atoms with Crippen LogP contribution in [-0.4, -0.2) is 18.8 Å². The highest BCUT2D eigenvalue weighted by Crippen LogP contribution is 2.38. The monoisotopic (exact) mass is 299 g/mol. The molecule has 0 bridgehead atoms. The van der Waals surface area contributed by atoms with Crippen LogP contribution < -0.4 is 10.5 Å². The fraction of sp³-hybridized carbons (Fsp3) is 0.286. The number of thiophene rings is 1. The van der Waals surface area contributed by atoms with Gasteiger partial charge in [-0.25, -0.2) is 8.78 Å². The Morgan fingerprint density at radius 1 is 1.30 bits per heavy atom. The fourth-order valence-electron chi connectivity index (χ4n) is 2.11. The van der Waals surface area contributed by atoms with Gasteiger partial charge < -0.3 is 15.6 Å². The Labute approximate surface area is 119 Å². The molecule has 0 spiro atoms. The van der Waals surface area contributed by atoms with E-state index in [0.29, 0.717) is 16.2 Å². The predicted molar refractivity (Wildman–Crippen MR) is 74.0 cm³/mol. The Hall–Kier alpha value is -1.50. The summed E-state index contributed by atoms with van der Waals surface area (Å²) < 4.78 is 31.7. The first-order valence-corrected chi connectivity index (χ1v) is 6.90. The van der Waals surface area contributed by atoms with Crippen molar-refractivity contribution in [3.63, 3.8) is 0 Å². The third-order valence-electron chi connectivity index (χ3n) is 3.09. The molecule has 0 aliphatic carbocycles. The number of aliphatic hydroxyl groups is 1. The lowest BCUT2D eigenvalue weighted by Gasteiger charge is -2.22. The maximum absolute atomic E-state index is 13.3. The van der Waals surface area contributed by atoms with Crippen molar-refractivity contribution in [1.29, 1.82) is 0 Å². The van der Waals surface area contributed by atoms with Gasteiger partial charge in [-0.05, 0) is 29.1 Å². The van der Waals surface area contributed by atoms with E-state index < -0.39 is 23.7 Å². The second-order valence-corrected chi connectivity index (χ2v) is 5.29. The Kier molecular flexibility index (Phi) is 4.69. The maximum Gasteiger partial charge on any atom is 0.135 e. The predicted octanol–water partition coefficient (Wildman–Crippen LogP) is 2.81. The normalized spacial score (nSPS) is 14.1. The van der Waals surface area contributed by atoms with Crippen LogP contribution in [-0.2, 0) is 0 Å². The summed E-state index contributed by atoms with van der Waals surface area (Å²) in [6, 6.07) is 4.88. The molecule has 0 fully saturated rings. The number of aliphatic hydroxyl groups excluding tert-OH is 1. The Bertz CT molecular complexity index is 568. The van der Waals surface area contributed by atoms with Crippen LogP contribution in [0.3, 0.4) is 0 Å². The third-order valence-corrected chi connectivity index (χ3v) is 4.06. The smallest absolute Gasteiger partial charge is 0.135 e. The van der Waals surface area contributed by atoms with Crippen molar-refractivity contribution in [1.82, 2.24) is 0 Å². The summed E-state index contributed by atoms with van der Waals surface area (Å²) in [6.07, 6.45) is -0.976. The van der Waals surface area contributed by atoms with Crippen LogP contribution in [0.4, 0.5) is 8.78 Å². The van der Waals surface area contributed by atoms with E-state index in [-0.39, 0.29) is 6.54 Å². The Morgan fingerprint density at radius 2 is 1.95 bits per heavy atom. The zero-order valence-corrected chi connectivity index (χ0v) is 11.7. The number of ether oxygens (including phenoxy) is 1. The minimum Gasteiger partial charge on any atom is -0.495 e. The average Bonchev–Trinajstić information content (AvgIpc) is 2.86. The lowest BCUT2D eigenvalue weighted by molar-refractivity contribution is 0.147. The van der Waals surface area contributed by atoms with E-state index in [2.05, 4.69) is 0 Å². The average molecular weight is 299 g/mol. The highest BCUT2D eigenvalue weighted by Gasteiger charge is 2.26. The summed E-state index contributed by atoms with van der Waals surface area (Å²) >= 11 is 1.31. The molecule has 0 radical (unpaired) electrons. The number of hydrogen-bond acceptors (Lipinski definition) is 4. The molecule has 20 heavy (non-hydrogen) atoms. The van der Waals surface area contributed by atoms with Gasteiger partial charge in [0.25, 0.3) is 0 Å². The van der Waals surface area contributed by atoms with Crippen LogP contribution in [0.1, 0.15) is 22.5 Å². The number of methoxy groups -OCH3 is 1. The van der Waals surface area contributed by atoms with Crippen molar-refractivity contribution in [2.45, 2.75) is 12.0 Å². The van der Waals surface area contributed by atoms with Crippen molar-refractivity contribution in [2.24, 2.45) is 5.73 Å². The van der Waals surface area contributed by atoms with Gasteiger partial charge in [0.05, 0.1) is 18.1 Å². The second-order valence-electron chi connectivity index (χ2n) is 4.34. The van der Waals surface area contributed by atoms with Gasteiger partial charge in [-0.3, -0.25) is 0 Å². The molecule has 6 heteroatoms. The largest absolute Gasteiger partial charge is 0.495 e. The molecule has 3 N–H and O–H groups in total. The molecule has 108 valence electrons. The molecule has 3 nitrogen and oxygen atoms in total. The molecule has 2 atom stereocenters. The zero-order chi connectivity index (χ0) is 14.7. The van der Waals surface area contributed by atoms with Crippen molar-refractivity contribution in [2.75, 3.05) is 13.7 Å². The summed E-state index contributed by atoms with van der Waals surface area (Å²) in [6.45, 7) is 0.0606. The summed E-state index contributed by atoms with van der Waals surface area (Å²) in [7, 11) is 1.50. The molecule has 2 unspecified atom stereocenters. The topological polar surface area (TPSA) is 55.5 Å². The molecule has 0 aliphatic rings. The summed E-state index contributed by atoms with van der Waals surface area (Å²) in [5.41, 5.74) is 5.99. The van der Waals surface area contributed by atoms with Crippen molar-refractivity contribution in [3.05, 3.63) is 51.7 Å². The molecule has 2 aromatic rings. The van der Waals surface area contributed by atoms with Crippen LogP contribution in [0, 0.1) is 11.6 Å². The highest BCUT2D eigenvalue weighted by molar-refractivity contribution is 7.10. The van der Waals surface area contributed by atoms with E-state index >= 15 is 0 Å². The number of halogens is 2. The van der Waals surface area contributed by atoms with Crippen LogP contribution in [0.15, 0.2) is 29.6 Å². The molecule has 0 saturated heterocycles. The van der Waals surface area contributed by atoms with Crippen LogP contribution in [0.25, 0.3) is 0 Å². The van der Waals surface area contributed by atoms with E-state index in [4.69, 9.17) is 10.5 Å². The van der Waals surface area contributed by atoms with Gasteiger partial charge in [-0.1, -0.05) is 0 Å². The quantitative estimate of drug-likeness (QED) is 0.892. The Morgan fingerprint density at radius 3 is 2.50 bits per heavy atom. The van der Waals surface area contributed by atoms with Crippen LogP contribution in [0.2, 0.25) is 0 Å². The number of rotatable bonds is 5. The highest BCUT2D eigenvalue weighted by atomic mass is 32.1. The van der Waals surface area contributed by atoms with E-state index in [0.717, 1.165) is 6.07 Å². The number of hydrogen-bond donors (Lipinski definition) is 2. The van der Waals surface area contributed by atoms with Gasteiger partial charge in [-0.2, -0.15) is 0 Å². The van der Waals surface area contributed by atoms with E-state index in [1.807, 2.05) is 0 Å². The molecular formula is C14H15F2NO2S. The minimum absolute atomic E-state index is 0.0606. The molecule has 1 heterocycles. The van der Waals surface area contributed by atoms with Gasteiger partial charge in [-0.15, -0.1) is 11.3 Å². The zero-order valence-electron chi connectivity index (χ0n) is 10.8. The summed E-state index contributed by atoms with van der Waals surface area (Å²) in [5, 5.41) is 12.2. The Balaban J connectivity index is 2.36. The standard InChI is InChI=1S/C14H15F2NO2S/c1-19-12-2-3-20-14(12)13(18)11(7-17)8-4-9(15)6-10(16)5-8/h2-6,11,13,18H,7,17H2,1H3. The van der Waals surface area contributed by atoms with Crippen LogP contribution >= 0.6 is 11.3 Å². The van der Waals surface area contributed by atoms with Crippen molar-refractivity contribution >= 4 is 11.3 Å².